The van der Waals surface area contributed by atoms with E-state index in [2.05, 4.69) is 15.9 Å². The summed E-state index contributed by atoms with van der Waals surface area (Å²) in [6.45, 7) is 0. The highest BCUT2D eigenvalue weighted by molar-refractivity contribution is 9.10. The zero-order valence-corrected chi connectivity index (χ0v) is 12.9. The first kappa shape index (κ1) is 14.6. The number of halogens is 1. The molecule has 3 nitrogen and oxygen atoms in total. The van der Waals surface area contributed by atoms with Crippen LogP contribution in [0.25, 0.3) is 0 Å². The molecule has 2 rings (SSSR count). The summed E-state index contributed by atoms with van der Waals surface area (Å²) < 4.78 is 11.3. The van der Waals surface area contributed by atoms with Crippen molar-refractivity contribution in [3.8, 4) is 11.5 Å². The van der Waals surface area contributed by atoms with Gasteiger partial charge in [-0.15, -0.1) is 0 Å². The van der Waals surface area contributed by atoms with E-state index in [0.29, 0.717) is 23.5 Å². The highest BCUT2D eigenvalue weighted by Crippen LogP contribution is 2.28. The van der Waals surface area contributed by atoms with Gasteiger partial charge in [0.2, 0.25) is 0 Å². The minimum atomic E-state index is 0.0454. The highest BCUT2D eigenvalue weighted by Gasteiger charge is 2.11. The van der Waals surface area contributed by atoms with E-state index < -0.39 is 0 Å². The van der Waals surface area contributed by atoms with E-state index in [4.69, 9.17) is 9.47 Å². The summed E-state index contributed by atoms with van der Waals surface area (Å²) in [5, 5.41) is 0. The van der Waals surface area contributed by atoms with Crippen molar-refractivity contribution < 1.29 is 14.3 Å². The first-order chi connectivity index (χ1) is 9.63. The van der Waals surface area contributed by atoms with E-state index in [1.54, 1.807) is 32.4 Å². The lowest BCUT2D eigenvalue weighted by Crippen LogP contribution is -2.04. The third-order valence-corrected chi connectivity index (χ3v) is 3.45. The fourth-order valence-corrected chi connectivity index (χ4v) is 2.39. The Bertz CT molecular complexity index is 623. The van der Waals surface area contributed by atoms with Gasteiger partial charge in [0.25, 0.3) is 0 Å². The van der Waals surface area contributed by atoms with Gasteiger partial charge < -0.3 is 9.47 Å². The van der Waals surface area contributed by atoms with Gasteiger partial charge in [0.15, 0.2) is 17.3 Å². The SMILES string of the molecule is COc1ccc(C(=O)Cc2cccc(Br)c2)cc1OC. The molecule has 2 aromatic carbocycles. The zero-order valence-electron chi connectivity index (χ0n) is 11.4. The van der Waals surface area contributed by atoms with Crippen molar-refractivity contribution in [2.75, 3.05) is 14.2 Å². The van der Waals surface area contributed by atoms with Crippen molar-refractivity contribution in [3.05, 3.63) is 58.1 Å². The average Bonchev–Trinajstić information content (AvgIpc) is 2.46. The van der Waals surface area contributed by atoms with Gasteiger partial charge in [-0.2, -0.15) is 0 Å². The minimum Gasteiger partial charge on any atom is -0.493 e. The molecule has 0 bridgehead atoms. The smallest absolute Gasteiger partial charge is 0.167 e. The molecular formula is C16H15BrO3. The summed E-state index contributed by atoms with van der Waals surface area (Å²) in [5.41, 5.74) is 1.58. The van der Waals surface area contributed by atoms with Crippen LogP contribution in [0, 0.1) is 0 Å². The first-order valence-corrected chi connectivity index (χ1v) is 6.93. The van der Waals surface area contributed by atoms with Gasteiger partial charge in [-0.3, -0.25) is 4.79 Å². The lowest BCUT2D eigenvalue weighted by atomic mass is 10.0. The first-order valence-electron chi connectivity index (χ1n) is 6.13. The third-order valence-electron chi connectivity index (χ3n) is 2.96. The molecule has 0 aliphatic rings. The molecule has 0 atom stereocenters. The Hall–Kier alpha value is -1.81. The number of rotatable bonds is 5. The van der Waals surface area contributed by atoms with Crippen molar-refractivity contribution in [1.29, 1.82) is 0 Å². The Balaban J connectivity index is 2.21. The average molecular weight is 335 g/mol. The molecule has 0 saturated heterocycles. The third kappa shape index (κ3) is 3.39. The van der Waals surface area contributed by atoms with Crippen LogP contribution in [0.15, 0.2) is 46.9 Å². The van der Waals surface area contributed by atoms with E-state index in [-0.39, 0.29) is 5.78 Å². The van der Waals surface area contributed by atoms with Gasteiger partial charge >= 0.3 is 0 Å². The van der Waals surface area contributed by atoms with Crippen LogP contribution >= 0.6 is 15.9 Å². The molecule has 0 amide bonds. The van der Waals surface area contributed by atoms with Crippen molar-refractivity contribution in [2.24, 2.45) is 0 Å². The second kappa shape index (κ2) is 6.57. The van der Waals surface area contributed by atoms with E-state index in [0.717, 1.165) is 10.0 Å². The Morgan fingerprint density at radius 1 is 1.05 bits per heavy atom. The molecule has 2 aromatic rings. The molecule has 0 heterocycles. The van der Waals surface area contributed by atoms with Crippen molar-refractivity contribution >= 4 is 21.7 Å². The molecule has 0 aliphatic carbocycles. The summed E-state index contributed by atoms with van der Waals surface area (Å²) in [4.78, 5) is 12.3. The number of carbonyl (C=O) groups excluding carboxylic acids is 1. The maximum atomic E-state index is 12.3. The van der Waals surface area contributed by atoms with Crippen molar-refractivity contribution in [1.82, 2.24) is 0 Å². The minimum absolute atomic E-state index is 0.0454. The Labute approximate surface area is 126 Å². The maximum absolute atomic E-state index is 12.3. The van der Waals surface area contributed by atoms with Crippen LogP contribution < -0.4 is 9.47 Å². The fraction of sp³-hybridized carbons (Fsp3) is 0.188. The summed E-state index contributed by atoms with van der Waals surface area (Å²) in [6, 6.07) is 12.9. The quantitative estimate of drug-likeness (QED) is 0.778. The summed E-state index contributed by atoms with van der Waals surface area (Å²) >= 11 is 3.40. The van der Waals surface area contributed by atoms with Gasteiger partial charge in [-0.25, -0.2) is 0 Å². The van der Waals surface area contributed by atoms with Crippen LogP contribution in [0.5, 0.6) is 11.5 Å². The van der Waals surface area contributed by atoms with E-state index in [1.807, 2.05) is 24.3 Å². The number of Topliss-reactive ketones (excluding diaryl/α,β-unsaturated/α-hetero) is 1. The fourth-order valence-electron chi connectivity index (χ4n) is 1.94. The molecular weight excluding hydrogens is 320 g/mol. The Morgan fingerprint density at radius 3 is 2.45 bits per heavy atom. The number of carbonyl (C=O) groups is 1. The van der Waals surface area contributed by atoms with E-state index >= 15 is 0 Å². The molecule has 20 heavy (non-hydrogen) atoms. The molecule has 0 aliphatic heterocycles. The van der Waals surface area contributed by atoms with E-state index in [1.165, 1.54) is 0 Å². The van der Waals surface area contributed by atoms with Gasteiger partial charge in [-0.05, 0) is 35.9 Å². The molecule has 104 valence electrons. The second-order valence-corrected chi connectivity index (χ2v) is 5.22. The van der Waals surface area contributed by atoms with Gasteiger partial charge in [-0.1, -0.05) is 28.1 Å². The van der Waals surface area contributed by atoms with Crippen LogP contribution in [0.1, 0.15) is 15.9 Å². The molecule has 0 aromatic heterocycles. The zero-order chi connectivity index (χ0) is 14.5. The topological polar surface area (TPSA) is 35.5 Å². The Morgan fingerprint density at radius 2 is 1.80 bits per heavy atom. The van der Waals surface area contributed by atoms with Crippen LogP contribution in [-0.2, 0) is 6.42 Å². The lowest BCUT2D eigenvalue weighted by Gasteiger charge is -2.09. The molecule has 0 radical (unpaired) electrons. The number of ketones is 1. The monoisotopic (exact) mass is 334 g/mol. The standard InChI is InChI=1S/C16H15BrO3/c1-19-15-7-6-12(10-16(15)20-2)14(18)9-11-4-3-5-13(17)8-11/h3-8,10H,9H2,1-2H3. The molecule has 4 heteroatoms. The lowest BCUT2D eigenvalue weighted by molar-refractivity contribution is 0.0992. The van der Waals surface area contributed by atoms with Crippen molar-refractivity contribution in [3.63, 3.8) is 0 Å². The predicted molar refractivity (Wildman–Crippen MR) is 81.7 cm³/mol. The number of ether oxygens (including phenoxy) is 2. The normalized spacial score (nSPS) is 10.2. The van der Waals surface area contributed by atoms with Gasteiger partial charge in [0.1, 0.15) is 0 Å². The molecule has 0 saturated carbocycles. The summed E-state index contributed by atoms with van der Waals surface area (Å²) in [6.07, 6.45) is 0.356. The molecule has 0 N–H and O–H groups in total. The number of hydrogen-bond acceptors (Lipinski definition) is 3. The largest absolute Gasteiger partial charge is 0.493 e. The van der Waals surface area contributed by atoms with Crippen LogP contribution in [0.2, 0.25) is 0 Å². The number of benzene rings is 2. The van der Waals surface area contributed by atoms with Gasteiger partial charge in [0, 0.05) is 16.5 Å². The second-order valence-electron chi connectivity index (χ2n) is 4.30. The molecule has 0 unspecified atom stereocenters. The predicted octanol–water partition coefficient (Wildman–Crippen LogP) is 3.89. The van der Waals surface area contributed by atoms with Crippen LogP contribution in [0.3, 0.4) is 0 Å². The summed E-state index contributed by atoms with van der Waals surface area (Å²) in [7, 11) is 3.13. The molecule has 0 fully saturated rings. The van der Waals surface area contributed by atoms with Crippen LogP contribution in [0.4, 0.5) is 0 Å². The van der Waals surface area contributed by atoms with Gasteiger partial charge in [0.05, 0.1) is 14.2 Å². The number of hydrogen-bond donors (Lipinski definition) is 0. The highest BCUT2D eigenvalue weighted by atomic mass is 79.9. The van der Waals surface area contributed by atoms with Crippen molar-refractivity contribution in [2.45, 2.75) is 6.42 Å². The van der Waals surface area contributed by atoms with Crippen LogP contribution in [-0.4, -0.2) is 20.0 Å². The molecule has 0 spiro atoms. The maximum Gasteiger partial charge on any atom is 0.167 e. The Kier molecular flexibility index (Phi) is 4.79. The summed E-state index contributed by atoms with van der Waals surface area (Å²) in [5.74, 6) is 1.23. The van der Waals surface area contributed by atoms with E-state index in [9.17, 15) is 4.79 Å². The number of methoxy groups -OCH3 is 2.